The second kappa shape index (κ2) is 6.95. The van der Waals surface area contributed by atoms with Gasteiger partial charge in [-0.25, -0.2) is 0 Å². The van der Waals surface area contributed by atoms with E-state index in [4.69, 9.17) is 14.7 Å². The molecular weight excluding hydrogens is 296 g/mol. The zero-order chi connectivity index (χ0) is 15.2. The number of aromatic amines is 1. The monoisotopic (exact) mass is 310 g/mol. The van der Waals surface area contributed by atoms with Crippen molar-refractivity contribution in [2.24, 2.45) is 0 Å². The Balaban J connectivity index is 2.27. The predicted molar refractivity (Wildman–Crippen MR) is 77.4 cm³/mol. The smallest absolute Gasteiger partial charge is 0.313 e. The van der Waals surface area contributed by atoms with Crippen LogP contribution in [0.5, 0.6) is 5.75 Å². The van der Waals surface area contributed by atoms with E-state index in [2.05, 4.69) is 20.7 Å². The third-order valence-corrected chi connectivity index (χ3v) is 3.32. The highest BCUT2D eigenvalue weighted by Gasteiger charge is 2.13. The Bertz CT molecular complexity index is 631. The molecule has 112 valence electrons. The predicted octanol–water partition coefficient (Wildman–Crippen LogP) is 1.63. The van der Waals surface area contributed by atoms with Crippen LogP contribution in [0.15, 0.2) is 23.4 Å². The van der Waals surface area contributed by atoms with Crippen molar-refractivity contribution >= 4 is 23.4 Å². The Hall–Kier alpha value is -2.26. The summed E-state index contributed by atoms with van der Waals surface area (Å²) < 4.78 is 5.28. The molecule has 3 N–H and O–H groups in total. The molecule has 1 aromatic heterocycles. The number of nitrogens with zero attached hydrogens (tertiary/aromatic N) is 2. The number of hydrogen-bond acceptors (Lipinski definition) is 7. The van der Waals surface area contributed by atoms with Crippen LogP contribution in [0.25, 0.3) is 11.4 Å². The first kappa shape index (κ1) is 15.1. The molecule has 1 aromatic carbocycles. The van der Waals surface area contributed by atoms with Gasteiger partial charge in [0.1, 0.15) is 5.75 Å². The fraction of sp³-hybridized carbons (Fsp3) is 0.250. The number of carbonyl (C=O) groups is 1. The lowest BCUT2D eigenvalue weighted by molar-refractivity contribution is -0.133. The van der Waals surface area contributed by atoms with E-state index >= 15 is 0 Å². The Morgan fingerprint density at radius 3 is 2.90 bits per heavy atom. The number of hydrogen-bond donors (Lipinski definition) is 3. The number of anilines is 1. The number of rotatable bonds is 7. The van der Waals surface area contributed by atoms with E-state index in [0.717, 1.165) is 17.4 Å². The SMILES string of the molecule is CONc1ccc(OC)c(-c2nnc(SCC(=O)O)[nH]2)c1. The van der Waals surface area contributed by atoms with Gasteiger partial charge in [0.15, 0.2) is 11.0 Å². The van der Waals surface area contributed by atoms with Crippen LogP contribution in [0.4, 0.5) is 5.69 Å². The Morgan fingerprint density at radius 2 is 2.24 bits per heavy atom. The molecule has 0 unspecified atom stereocenters. The number of nitrogens with one attached hydrogen (secondary N) is 2. The molecule has 0 saturated carbocycles. The summed E-state index contributed by atoms with van der Waals surface area (Å²) in [4.78, 5) is 18.4. The molecule has 0 aliphatic rings. The average molecular weight is 310 g/mol. The van der Waals surface area contributed by atoms with E-state index in [9.17, 15) is 4.79 Å². The topological polar surface area (TPSA) is 109 Å². The number of ether oxygens (including phenoxy) is 1. The van der Waals surface area contributed by atoms with Crippen molar-refractivity contribution in [2.45, 2.75) is 5.16 Å². The van der Waals surface area contributed by atoms with Gasteiger partial charge in [0.2, 0.25) is 0 Å². The first-order chi connectivity index (χ1) is 10.1. The standard InChI is InChI=1S/C12H14N4O4S/c1-19-9-4-3-7(16-20-2)5-8(9)11-13-12(15-14-11)21-6-10(17)18/h3-5,16H,6H2,1-2H3,(H,17,18)(H,13,14,15). The van der Waals surface area contributed by atoms with Crippen molar-refractivity contribution in [1.29, 1.82) is 0 Å². The molecule has 1 heterocycles. The number of aliphatic carboxylic acids is 1. The van der Waals surface area contributed by atoms with Gasteiger partial charge in [0.25, 0.3) is 0 Å². The lowest BCUT2D eigenvalue weighted by atomic mass is 10.1. The summed E-state index contributed by atoms with van der Waals surface area (Å²) in [7, 11) is 3.07. The summed E-state index contributed by atoms with van der Waals surface area (Å²) in [5.74, 6) is 0.0979. The third kappa shape index (κ3) is 3.86. The van der Waals surface area contributed by atoms with Crippen LogP contribution in [-0.4, -0.2) is 46.2 Å². The van der Waals surface area contributed by atoms with Crippen LogP contribution in [0.3, 0.4) is 0 Å². The van der Waals surface area contributed by atoms with Crippen LogP contribution in [-0.2, 0) is 9.63 Å². The summed E-state index contributed by atoms with van der Waals surface area (Å²) >= 11 is 1.06. The van der Waals surface area contributed by atoms with Gasteiger partial charge in [-0.1, -0.05) is 11.8 Å². The van der Waals surface area contributed by atoms with E-state index < -0.39 is 5.97 Å². The van der Waals surface area contributed by atoms with Crippen LogP contribution >= 0.6 is 11.8 Å². The minimum absolute atomic E-state index is 0.0863. The van der Waals surface area contributed by atoms with E-state index in [-0.39, 0.29) is 5.75 Å². The molecule has 9 heteroatoms. The van der Waals surface area contributed by atoms with Crippen molar-refractivity contribution in [3.8, 4) is 17.1 Å². The van der Waals surface area contributed by atoms with E-state index in [1.54, 1.807) is 25.3 Å². The minimum atomic E-state index is -0.915. The van der Waals surface area contributed by atoms with E-state index in [1.165, 1.54) is 7.11 Å². The molecule has 0 atom stereocenters. The van der Waals surface area contributed by atoms with Gasteiger partial charge in [0, 0.05) is 0 Å². The maximum absolute atomic E-state index is 10.5. The van der Waals surface area contributed by atoms with Gasteiger partial charge in [-0.2, -0.15) is 0 Å². The largest absolute Gasteiger partial charge is 0.496 e. The summed E-state index contributed by atoms with van der Waals surface area (Å²) in [5, 5.41) is 17.0. The fourth-order valence-corrected chi connectivity index (χ4v) is 2.16. The maximum Gasteiger partial charge on any atom is 0.313 e. The van der Waals surface area contributed by atoms with Crippen LogP contribution in [0, 0.1) is 0 Å². The molecule has 8 nitrogen and oxygen atoms in total. The number of methoxy groups -OCH3 is 1. The van der Waals surface area contributed by atoms with Crippen molar-refractivity contribution in [1.82, 2.24) is 15.2 Å². The maximum atomic E-state index is 10.5. The summed E-state index contributed by atoms with van der Waals surface area (Å²) in [5.41, 5.74) is 4.13. The second-order valence-electron chi connectivity index (χ2n) is 3.88. The first-order valence-electron chi connectivity index (χ1n) is 5.88. The van der Waals surface area contributed by atoms with Crippen LogP contribution in [0.2, 0.25) is 0 Å². The molecule has 0 aliphatic carbocycles. The number of carboxylic acids is 1. The number of benzene rings is 1. The zero-order valence-corrected chi connectivity index (χ0v) is 12.2. The summed E-state index contributed by atoms with van der Waals surface area (Å²) in [6.45, 7) is 0. The molecule has 0 saturated heterocycles. The van der Waals surface area contributed by atoms with E-state index in [1.807, 2.05) is 0 Å². The Morgan fingerprint density at radius 1 is 1.43 bits per heavy atom. The highest BCUT2D eigenvalue weighted by atomic mass is 32.2. The molecule has 0 spiro atoms. The fourth-order valence-electron chi connectivity index (χ4n) is 1.64. The van der Waals surface area contributed by atoms with Gasteiger partial charge in [0.05, 0.1) is 31.2 Å². The number of thioether (sulfide) groups is 1. The highest BCUT2D eigenvalue weighted by Crippen LogP contribution is 2.31. The van der Waals surface area contributed by atoms with Crippen LogP contribution in [0.1, 0.15) is 0 Å². The zero-order valence-electron chi connectivity index (χ0n) is 11.4. The lowest BCUT2D eigenvalue weighted by Crippen LogP contribution is -1.98. The molecule has 21 heavy (non-hydrogen) atoms. The summed E-state index contributed by atoms with van der Waals surface area (Å²) in [6, 6.07) is 5.35. The normalized spacial score (nSPS) is 10.4. The van der Waals surface area contributed by atoms with Gasteiger partial charge in [-0.3, -0.25) is 15.1 Å². The molecule has 2 aromatic rings. The first-order valence-corrected chi connectivity index (χ1v) is 6.87. The second-order valence-corrected chi connectivity index (χ2v) is 4.85. The van der Waals surface area contributed by atoms with E-state index in [0.29, 0.717) is 22.3 Å². The molecule has 2 rings (SSSR count). The van der Waals surface area contributed by atoms with Gasteiger partial charge >= 0.3 is 5.97 Å². The Kier molecular flexibility index (Phi) is 5.01. The van der Waals surface area contributed by atoms with Crippen molar-refractivity contribution in [2.75, 3.05) is 25.5 Å². The quantitative estimate of drug-likeness (QED) is 0.523. The number of aromatic nitrogens is 3. The average Bonchev–Trinajstić information content (AvgIpc) is 2.94. The lowest BCUT2D eigenvalue weighted by Gasteiger charge is -2.09. The molecule has 0 radical (unpaired) electrons. The molecule has 0 bridgehead atoms. The summed E-state index contributed by atoms with van der Waals surface area (Å²) in [6.07, 6.45) is 0. The Labute approximate surface area is 124 Å². The van der Waals surface area contributed by atoms with Crippen molar-refractivity contribution in [3.63, 3.8) is 0 Å². The minimum Gasteiger partial charge on any atom is -0.496 e. The third-order valence-electron chi connectivity index (χ3n) is 2.47. The molecule has 0 fully saturated rings. The highest BCUT2D eigenvalue weighted by molar-refractivity contribution is 7.99. The number of H-pyrrole nitrogens is 1. The number of carboxylic acid groups (broad SMARTS) is 1. The van der Waals surface area contributed by atoms with Gasteiger partial charge < -0.3 is 14.8 Å². The van der Waals surface area contributed by atoms with Crippen molar-refractivity contribution < 1.29 is 19.5 Å². The molecule has 0 aliphatic heterocycles. The van der Waals surface area contributed by atoms with Gasteiger partial charge in [-0.15, -0.1) is 10.2 Å². The molecular formula is C12H14N4O4S. The van der Waals surface area contributed by atoms with Crippen molar-refractivity contribution in [3.05, 3.63) is 18.2 Å². The van der Waals surface area contributed by atoms with Gasteiger partial charge in [-0.05, 0) is 18.2 Å². The van der Waals surface area contributed by atoms with Crippen LogP contribution < -0.4 is 10.2 Å². The molecule has 0 amide bonds.